The fourth-order valence-electron chi connectivity index (χ4n) is 2.75. The molecule has 134 valence electrons. The maximum Gasteiger partial charge on any atom is 0.217 e. The fraction of sp³-hybridized carbons (Fsp3) is 0.350. The van der Waals surface area contributed by atoms with Crippen molar-refractivity contribution in [1.82, 2.24) is 10.6 Å². The van der Waals surface area contributed by atoms with Gasteiger partial charge in [-0.15, -0.1) is 0 Å². The van der Waals surface area contributed by atoms with E-state index in [1.54, 1.807) is 7.11 Å². The number of hydrogen-bond acceptors (Lipinski definition) is 4. The standard InChI is InChI=1S/C20H27N3O2/c1-15(24)23-20(12-16-7-4-3-5-8-16)19(21)14-22-13-17-9-6-10-18(11-17)25-2/h3-11,19-20,22H,12-14,21H2,1-2H3,(H,23,24)/t19?,20-/m0/s1. The Hall–Kier alpha value is -2.37. The van der Waals surface area contributed by atoms with E-state index in [-0.39, 0.29) is 18.0 Å². The van der Waals surface area contributed by atoms with Crippen LogP contribution in [-0.2, 0) is 17.8 Å². The van der Waals surface area contributed by atoms with Crippen LogP contribution in [0.15, 0.2) is 54.6 Å². The van der Waals surface area contributed by atoms with Gasteiger partial charge in [-0.2, -0.15) is 0 Å². The smallest absolute Gasteiger partial charge is 0.217 e. The van der Waals surface area contributed by atoms with E-state index in [2.05, 4.69) is 10.6 Å². The van der Waals surface area contributed by atoms with Crippen LogP contribution in [0.25, 0.3) is 0 Å². The molecule has 0 radical (unpaired) electrons. The summed E-state index contributed by atoms with van der Waals surface area (Å²) in [5.41, 5.74) is 8.62. The molecule has 0 bridgehead atoms. The number of carbonyl (C=O) groups excluding carboxylic acids is 1. The van der Waals surface area contributed by atoms with E-state index in [0.717, 1.165) is 16.9 Å². The Morgan fingerprint density at radius 2 is 1.84 bits per heavy atom. The second-order valence-corrected chi connectivity index (χ2v) is 6.14. The molecule has 5 nitrogen and oxygen atoms in total. The molecule has 1 unspecified atom stereocenters. The largest absolute Gasteiger partial charge is 0.497 e. The molecular weight excluding hydrogens is 314 g/mol. The number of benzene rings is 2. The van der Waals surface area contributed by atoms with Gasteiger partial charge in [-0.05, 0) is 29.7 Å². The molecule has 5 heteroatoms. The number of ether oxygens (including phenoxy) is 1. The molecule has 2 atom stereocenters. The molecule has 0 spiro atoms. The molecule has 2 aromatic rings. The highest BCUT2D eigenvalue weighted by atomic mass is 16.5. The van der Waals surface area contributed by atoms with Crippen molar-refractivity contribution < 1.29 is 9.53 Å². The normalized spacial score (nSPS) is 13.1. The lowest BCUT2D eigenvalue weighted by Crippen LogP contribution is -2.52. The maximum absolute atomic E-state index is 11.5. The first kappa shape index (κ1) is 19.0. The molecule has 0 saturated heterocycles. The van der Waals surface area contributed by atoms with Gasteiger partial charge < -0.3 is 21.1 Å². The van der Waals surface area contributed by atoms with E-state index in [4.69, 9.17) is 10.5 Å². The van der Waals surface area contributed by atoms with Crippen LogP contribution in [0.1, 0.15) is 18.1 Å². The van der Waals surface area contributed by atoms with E-state index in [1.165, 1.54) is 6.92 Å². The highest BCUT2D eigenvalue weighted by molar-refractivity contribution is 5.73. The van der Waals surface area contributed by atoms with Crippen molar-refractivity contribution in [3.63, 3.8) is 0 Å². The Labute approximate surface area is 149 Å². The zero-order valence-electron chi connectivity index (χ0n) is 14.9. The summed E-state index contributed by atoms with van der Waals surface area (Å²) in [6, 6.07) is 17.7. The highest BCUT2D eigenvalue weighted by Gasteiger charge is 2.19. The van der Waals surface area contributed by atoms with Gasteiger partial charge in [0.15, 0.2) is 0 Å². The summed E-state index contributed by atoms with van der Waals surface area (Å²) in [7, 11) is 1.66. The number of rotatable bonds is 9. The first-order chi connectivity index (χ1) is 12.1. The van der Waals surface area contributed by atoms with E-state index < -0.39 is 0 Å². The van der Waals surface area contributed by atoms with Gasteiger partial charge in [0.05, 0.1) is 7.11 Å². The Balaban J connectivity index is 1.89. The van der Waals surface area contributed by atoms with E-state index in [0.29, 0.717) is 19.5 Å². The lowest BCUT2D eigenvalue weighted by atomic mass is 9.99. The van der Waals surface area contributed by atoms with Crippen molar-refractivity contribution in [2.75, 3.05) is 13.7 Å². The lowest BCUT2D eigenvalue weighted by molar-refractivity contribution is -0.119. The predicted octanol–water partition coefficient (Wildman–Crippen LogP) is 1.86. The Morgan fingerprint density at radius 3 is 2.52 bits per heavy atom. The number of amides is 1. The fourth-order valence-corrected chi connectivity index (χ4v) is 2.75. The summed E-state index contributed by atoms with van der Waals surface area (Å²) in [6.07, 6.45) is 0.711. The van der Waals surface area contributed by atoms with Crippen molar-refractivity contribution in [3.05, 3.63) is 65.7 Å². The van der Waals surface area contributed by atoms with Gasteiger partial charge >= 0.3 is 0 Å². The number of nitrogens with two attached hydrogens (primary N) is 1. The summed E-state index contributed by atoms with van der Waals surface area (Å²) in [5.74, 6) is 0.771. The van der Waals surface area contributed by atoms with Gasteiger partial charge in [0.25, 0.3) is 0 Å². The zero-order chi connectivity index (χ0) is 18.1. The monoisotopic (exact) mass is 341 g/mol. The van der Waals surface area contributed by atoms with Gasteiger partial charge in [-0.25, -0.2) is 0 Å². The van der Waals surface area contributed by atoms with Gasteiger partial charge in [-0.1, -0.05) is 42.5 Å². The van der Waals surface area contributed by atoms with E-state index >= 15 is 0 Å². The van der Waals surface area contributed by atoms with Crippen molar-refractivity contribution in [2.24, 2.45) is 5.73 Å². The molecule has 0 heterocycles. The molecule has 0 fully saturated rings. The average Bonchev–Trinajstić information content (AvgIpc) is 2.62. The first-order valence-corrected chi connectivity index (χ1v) is 8.48. The zero-order valence-corrected chi connectivity index (χ0v) is 14.9. The minimum absolute atomic E-state index is 0.0656. The number of carbonyl (C=O) groups is 1. The third-order valence-electron chi connectivity index (χ3n) is 4.05. The number of nitrogens with one attached hydrogen (secondary N) is 2. The van der Waals surface area contributed by atoms with Crippen molar-refractivity contribution in [2.45, 2.75) is 32.0 Å². The van der Waals surface area contributed by atoms with Gasteiger partial charge in [0, 0.05) is 32.1 Å². The quantitative estimate of drug-likeness (QED) is 0.651. The molecule has 0 aliphatic rings. The molecule has 0 aliphatic carbocycles. The van der Waals surface area contributed by atoms with Crippen LogP contribution in [0.5, 0.6) is 5.75 Å². The third kappa shape index (κ3) is 6.57. The lowest BCUT2D eigenvalue weighted by Gasteiger charge is -2.25. The average molecular weight is 341 g/mol. The molecule has 25 heavy (non-hydrogen) atoms. The van der Waals surface area contributed by atoms with Crippen molar-refractivity contribution in [3.8, 4) is 5.75 Å². The molecule has 0 aromatic heterocycles. The highest BCUT2D eigenvalue weighted by Crippen LogP contribution is 2.12. The number of methoxy groups -OCH3 is 1. The summed E-state index contributed by atoms with van der Waals surface area (Å²) in [5, 5.41) is 6.33. The topological polar surface area (TPSA) is 76.4 Å². The first-order valence-electron chi connectivity index (χ1n) is 8.48. The molecule has 2 aromatic carbocycles. The Bertz CT molecular complexity index is 661. The minimum atomic E-state index is -0.185. The van der Waals surface area contributed by atoms with Crippen LogP contribution >= 0.6 is 0 Å². The van der Waals surface area contributed by atoms with Crippen LogP contribution in [0, 0.1) is 0 Å². The summed E-state index contributed by atoms with van der Waals surface area (Å²) < 4.78 is 5.23. The van der Waals surface area contributed by atoms with Crippen molar-refractivity contribution in [1.29, 1.82) is 0 Å². The maximum atomic E-state index is 11.5. The third-order valence-corrected chi connectivity index (χ3v) is 4.05. The van der Waals surface area contributed by atoms with Crippen LogP contribution in [0.3, 0.4) is 0 Å². The second kappa shape index (κ2) is 9.81. The summed E-state index contributed by atoms with van der Waals surface area (Å²) in [6.45, 7) is 2.83. The molecule has 4 N–H and O–H groups in total. The SMILES string of the molecule is COc1cccc(CNCC(N)[C@H](Cc2ccccc2)NC(C)=O)c1. The van der Waals surface area contributed by atoms with Gasteiger partial charge in [-0.3, -0.25) is 4.79 Å². The minimum Gasteiger partial charge on any atom is -0.497 e. The van der Waals surface area contributed by atoms with Crippen LogP contribution in [0.2, 0.25) is 0 Å². The number of hydrogen-bond donors (Lipinski definition) is 3. The molecule has 0 saturated carbocycles. The summed E-state index contributed by atoms with van der Waals surface area (Å²) >= 11 is 0. The molecule has 0 aliphatic heterocycles. The second-order valence-electron chi connectivity index (χ2n) is 6.14. The van der Waals surface area contributed by atoms with Gasteiger partial charge in [0.1, 0.15) is 5.75 Å². The van der Waals surface area contributed by atoms with Crippen molar-refractivity contribution >= 4 is 5.91 Å². The summed E-state index contributed by atoms with van der Waals surface area (Å²) in [4.78, 5) is 11.5. The predicted molar refractivity (Wildman–Crippen MR) is 100 cm³/mol. The molecule has 1 amide bonds. The van der Waals surface area contributed by atoms with E-state index in [1.807, 2.05) is 54.6 Å². The Kier molecular flexibility index (Phi) is 7.44. The molecular formula is C20H27N3O2. The molecule has 2 rings (SSSR count). The van der Waals surface area contributed by atoms with E-state index in [9.17, 15) is 4.79 Å². The van der Waals surface area contributed by atoms with Crippen LogP contribution < -0.4 is 21.1 Å². The van der Waals surface area contributed by atoms with Crippen LogP contribution in [0.4, 0.5) is 0 Å². The Morgan fingerprint density at radius 1 is 1.12 bits per heavy atom. The van der Waals surface area contributed by atoms with Crippen LogP contribution in [-0.4, -0.2) is 31.6 Å². The van der Waals surface area contributed by atoms with Gasteiger partial charge in [0.2, 0.25) is 5.91 Å².